The van der Waals surface area contributed by atoms with E-state index in [4.69, 9.17) is 0 Å². The number of nitrogens with one attached hydrogen (secondary N) is 1. The molecule has 5 heteroatoms. The van der Waals surface area contributed by atoms with Crippen molar-refractivity contribution in [2.24, 2.45) is 5.92 Å². The van der Waals surface area contributed by atoms with Gasteiger partial charge in [0.1, 0.15) is 0 Å². The molecule has 4 nitrogen and oxygen atoms in total. The van der Waals surface area contributed by atoms with Crippen molar-refractivity contribution >= 4 is 10.0 Å². The first-order valence-corrected chi connectivity index (χ1v) is 8.76. The molecule has 20 heavy (non-hydrogen) atoms. The normalized spacial score (nSPS) is 23.7. The summed E-state index contributed by atoms with van der Waals surface area (Å²) in [4.78, 5) is 0.311. The molecule has 2 rings (SSSR count). The van der Waals surface area contributed by atoms with Crippen LogP contribution in [0, 0.1) is 5.92 Å². The minimum absolute atomic E-state index is 0.239. The van der Waals surface area contributed by atoms with E-state index in [9.17, 15) is 13.5 Å². The van der Waals surface area contributed by atoms with Gasteiger partial charge in [-0.3, -0.25) is 0 Å². The van der Waals surface area contributed by atoms with Crippen molar-refractivity contribution < 1.29 is 13.5 Å². The van der Waals surface area contributed by atoms with Gasteiger partial charge < -0.3 is 5.11 Å². The zero-order chi connectivity index (χ0) is 14.6. The van der Waals surface area contributed by atoms with Crippen LogP contribution in [0.2, 0.25) is 0 Å². The molecule has 1 aromatic carbocycles. The maximum atomic E-state index is 12.2. The third-order valence-electron chi connectivity index (χ3n) is 3.96. The summed E-state index contributed by atoms with van der Waals surface area (Å²) in [5.41, 5.74) is 1.12. The molecule has 112 valence electrons. The van der Waals surface area contributed by atoms with Crippen molar-refractivity contribution in [1.82, 2.24) is 4.72 Å². The number of rotatable bonds is 5. The highest BCUT2D eigenvalue weighted by Gasteiger charge is 2.22. The van der Waals surface area contributed by atoms with E-state index in [1.54, 1.807) is 12.1 Å². The van der Waals surface area contributed by atoms with Gasteiger partial charge in [0.25, 0.3) is 0 Å². The van der Waals surface area contributed by atoms with Crippen LogP contribution in [0.15, 0.2) is 29.2 Å². The minimum atomic E-state index is -3.43. The highest BCUT2D eigenvalue weighted by molar-refractivity contribution is 7.89. The summed E-state index contributed by atoms with van der Waals surface area (Å²) in [6.07, 6.45) is 4.10. The van der Waals surface area contributed by atoms with E-state index < -0.39 is 10.0 Å². The fourth-order valence-electron chi connectivity index (χ4n) is 2.66. The van der Waals surface area contributed by atoms with Crippen molar-refractivity contribution in [3.8, 4) is 0 Å². The molecule has 1 fully saturated rings. The molecular formula is C15H23NO3S. The molecule has 0 heterocycles. The average Bonchev–Trinajstić information content (AvgIpc) is 2.45. The Bertz CT molecular complexity index is 525. The van der Waals surface area contributed by atoms with Gasteiger partial charge in [0, 0.05) is 6.54 Å². The summed E-state index contributed by atoms with van der Waals surface area (Å²) in [5.74, 6) is 0.239. The van der Waals surface area contributed by atoms with Gasteiger partial charge in [0.2, 0.25) is 10.0 Å². The van der Waals surface area contributed by atoms with Crippen LogP contribution in [-0.4, -0.2) is 26.2 Å². The van der Waals surface area contributed by atoms with Gasteiger partial charge in [-0.25, -0.2) is 13.1 Å². The third kappa shape index (κ3) is 4.04. The van der Waals surface area contributed by atoms with Gasteiger partial charge >= 0.3 is 0 Å². The topological polar surface area (TPSA) is 66.4 Å². The second-order valence-electron chi connectivity index (χ2n) is 5.54. The molecule has 0 spiro atoms. The molecule has 1 aliphatic rings. The molecule has 0 radical (unpaired) electrons. The molecule has 2 unspecified atom stereocenters. The molecule has 2 N–H and O–H groups in total. The van der Waals surface area contributed by atoms with Gasteiger partial charge in [0.15, 0.2) is 0 Å². The summed E-state index contributed by atoms with van der Waals surface area (Å²) in [7, 11) is -3.43. The lowest BCUT2D eigenvalue weighted by molar-refractivity contribution is 0.102. The van der Waals surface area contributed by atoms with Gasteiger partial charge in [-0.05, 0) is 49.3 Å². The molecule has 0 aliphatic heterocycles. The predicted molar refractivity (Wildman–Crippen MR) is 79.0 cm³/mol. The van der Waals surface area contributed by atoms with Crippen LogP contribution in [0.25, 0.3) is 0 Å². The van der Waals surface area contributed by atoms with Crippen LogP contribution in [-0.2, 0) is 16.4 Å². The van der Waals surface area contributed by atoms with Crippen molar-refractivity contribution in [1.29, 1.82) is 0 Å². The number of aliphatic hydroxyl groups is 1. The quantitative estimate of drug-likeness (QED) is 0.874. The number of aryl methyl sites for hydroxylation is 1. The first kappa shape index (κ1) is 15.5. The van der Waals surface area contributed by atoms with Gasteiger partial charge in [-0.2, -0.15) is 0 Å². The fraction of sp³-hybridized carbons (Fsp3) is 0.600. The Morgan fingerprint density at radius 3 is 2.55 bits per heavy atom. The van der Waals surface area contributed by atoms with E-state index in [-0.39, 0.29) is 12.0 Å². The van der Waals surface area contributed by atoms with E-state index in [1.807, 2.05) is 19.1 Å². The monoisotopic (exact) mass is 297 g/mol. The summed E-state index contributed by atoms with van der Waals surface area (Å²) in [5, 5.41) is 9.61. The van der Waals surface area contributed by atoms with E-state index >= 15 is 0 Å². The lowest BCUT2D eigenvalue weighted by atomic mass is 9.87. The maximum absolute atomic E-state index is 12.2. The molecule has 1 saturated carbocycles. The summed E-state index contributed by atoms with van der Waals surface area (Å²) in [6.45, 7) is 2.45. The second kappa shape index (κ2) is 6.70. The summed E-state index contributed by atoms with van der Waals surface area (Å²) in [6, 6.07) is 6.99. The largest absolute Gasteiger partial charge is 0.393 e. The van der Waals surface area contributed by atoms with Crippen LogP contribution in [0.5, 0.6) is 0 Å². The van der Waals surface area contributed by atoms with Crippen molar-refractivity contribution in [2.75, 3.05) is 6.54 Å². The number of hydrogen-bond donors (Lipinski definition) is 2. The smallest absolute Gasteiger partial charge is 0.240 e. The van der Waals surface area contributed by atoms with E-state index in [0.717, 1.165) is 31.2 Å². The fourth-order valence-corrected chi connectivity index (χ4v) is 3.78. The van der Waals surface area contributed by atoms with E-state index in [1.165, 1.54) is 0 Å². The molecule has 1 aliphatic carbocycles. The van der Waals surface area contributed by atoms with Gasteiger partial charge in [-0.1, -0.05) is 25.5 Å². The number of hydrogen-bond acceptors (Lipinski definition) is 3. The van der Waals surface area contributed by atoms with Crippen LogP contribution in [0.3, 0.4) is 0 Å². The molecule has 0 aromatic heterocycles. The first-order valence-electron chi connectivity index (χ1n) is 7.28. The molecule has 2 atom stereocenters. The van der Waals surface area contributed by atoms with Crippen LogP contribution in [0.1, 0.15) is 38.2 Å². The molecule has 1 aromatic rings. The van der Waals surface area contributed by atoms with Gasteiger partial charge in [-0.15, -0.1) is 0 Å². The predicted octanol–water partition coefficient (Wildman–Crippen LogP) is 2.08. The SMILES string of the molecule is CCc1ccc(S(=O)(=O)NCC2CCCC(O)C2)cc1. The zero-order valence-electron chi connectivity index (χ0n) is 11.9. The lowest BCUT2D eigenvalue weighted by Gasteiger charge is -2.25. The van der Waals surface area contributed by atoms with Gasteiger partial charge in [0.05, 0.1) is 11.0 Å². The maximum Gasteiger partial charge on any atom is 0.240 e. The Morgan fingerprint density at radius 2 is 1.95 bits per heavy atom. The average molecular weight is 297 g/mol. The minimum Gasteiger partial charge on any atom is -0.393 e. The Morgan fingerprint density at radius 1 is 1.25 bits per heavy atom. The second-order valence-corrected chi connectivity index (χ2v) is 7.30. The van der Waals surface area contributed by atoms with E-state index in [2.05, 4.69) is 4.72 Å². The Balaban J connectivity index is 1.96. The summed E-state index contributed by atoms with van der Waals surface area (Å²) >= 11 is 0. The van der Waals surface area contributed by atoms with Crippen molar-refractivity contribution in [3.05, 3.63) is 29.8 Å². The number of benzene rings is 1. The van der Waals surface area contributed by atoms with Crippen LogP contribution in [0.4, 0.5) is 0 Å². The zero-order valence-corrected chi connectivity index (χ0v) is 12.7. The van der Waals surface area contributed by atoms with Crippen molar-refractivity contribution in [2.45, 2.75) is 50.0 Å². The third-order valence-corrected chi connectivity index (χ3v) is 5.40. The molecular weight excluding hydrogens is 274 g/mol. The highest BCUT2D eigenvalue weighted by atomic mass is 32.2. The lowest BCUT2D eigenvalue weighted by Crippen LogP contribution is -2.33. The van der Waals surface area contributed by atoms with Crippen molar-refractivity contribution in [3.63, 3.8) is 0 Å². The van der Waals surface area contributed by atoms with Crippen LogP contribution < -0.4 is 4.72 Å². The van der Waals surface area contributed by atoms with E-state index in [0.29, 0.717) is 17.9 Å². The molecule has 0 amide bonds. The Labute approximate surface area is 121 Å². The van der Waals surface area contributed by atoms with Crippen LogP contribution >= 0.6 is 0 Å². The highest BCUT2D eigenvalue weighted by Crippen LogP contribution is 2.24. The molecule has 0 saturated heterocycles. The summed E-state index contributed by atoms with van der Waals surface area (Å²) < 4.78 is 27.0. The molecule has 0 bridgehead atoms. The number of sulfonamides is 1. The Hall–Kier alpha value is -0.910. The standard InChI is InChI=1S/C15H23NO3S/c1-2-12-6-8-15(9-7-12)20(18,19)16-11-13-4-3-5-14(17)10-13/h6-9,13-14,16-17H,2-5,10-11H2,1H3. The number of aliphatic hydroxyl groups excluding tert-OH is 1. The Kier molecular flexibility index (Phi) is 5.18. The first-order chi connectivity index (χ1) is 9.51.